The topological polar surface area (TPSA) is 100 Å². The lowest BCUT2D eigenvalue weighted by Gasteiger charge is -2.21. The van der Waals surface area contributed by atoms with E-state index in [1.54, 1.807) is 11.8 Å². The Bertz CT molecular complexity index is 528. The Morgan fingerprint density at radius 3 is 2.91 bits per heavy atom. The molecule has 2 heterocycles. The number of amides is 3. The molecule has 2 N–H and O–H groups in total. The number of hydrogen-bond donors (Lipinski definition) is 2. The zero-order chi connectivity index (χ0) is 16.1. The summed E-state index contributed by atoms with van der Waals surface area (Å²) in [6, 6.07) is -0.597. The minimum atomic E-state index is -0.368. The molecule has 0 aromatic carbocycles. The summed E-state index contributed by atoms with van der Waals surface area (Å²) in [5.74, 6) is 1.46. The van der Waals surface area contributed by atoms with E-state index >= 15 is 0 Å². The molecule has 0 aliphatic carbocycles. The average Bonchev–Trinajstić information content (AvgIpc) is 2.78. The van der Waals surface area contributed by atoms with E-state index in [1.807, 2.05) is 0 Å². The minimum absolute atomic E-state index is 0.0291. The number of aromatic nitrogens is 2. The standard InChI is InChI=1S/C14H23N5O3/c1-9(2)8-11-17-13(22-18-11)10(3)16-14(21)19-6-4-12(20)15-5-7-19/h9-10H,4-8H2,1-3H3,(H,15,20)(H,16,21). The Hall–Kier alpha value is -2.12. The van der Waals surface area contributed by atoms with Gasteiger partial charge in [-0.05, 0) is 12.8 Å². The zero-order valence-electron chi connectivity index (χ0n) is 13.3. The van der Waals surface area contributed by atoms with E-state index in [-0.39, 0.29) is 18.0 Å². The first-order valence-corrected chi connectivity index (χ1v) is 7.60. The molecule has 8 nitrogen and oxygen atoms in total. The maximum absolute atomic E-state index is 12.2. The number of hydrogen-bond acceptors (Lipinski definition) is 5. The van der Waals surface area contributed by atoms with E-state index in [1.165, 1.54) is 0 Å². The van der Waals surface area contributed by atoms with Crippen LogP contribution in [0, 0.1) is 5.92 Å². The second kappa shape index (κ2) is 7.24. The van der Waals surface area contributed by atoms with Crippen molar-refractivity contribution in [1.82, 2.24) is 25.7 Å². The number of nitrogens with one attached hydrogen (secondary N) is 2. The van der Waals surface area contributed by atoms with Crippen LogP contribution in [0.3, 0.4) is 0 Å². The van der Waals surface area contributed by atoms with Gasteiger partial charge in [-0.25, -0.2) is 4.79 Å². The Morgan fingerprint density at radius 1 is 1.41 bits per heavy atom. The van der Waals surface area contributed by atoms with Gasteiger partial charge in [0.1, 0.15) is 6.04 Å². The van der Waals surface area contributed by atoms with Gasteiger partial charge in [0, 0.05) is 32.5 Å². The van der Waals surface area contributed by atoms with Gasteiger partial charge in [-0.15, -0.1) is 0 Å². The fourth-order valence-corrected chi connectivity index (χ4v) is 2.20. The van der Waals surface area contributed by atoms with Gasteiger partial charge in [0.25, 0.3) is 0 Å². The molecule has 1 atom stereocenters. The number of nitrogens with zero attached hydrogens (tertiary/aromatic N) is 3. The molecule has 0 spiro atoms. The van der Waals surface area contributed by atoms with Gasteiger partial charge in [-0.2, -0.15) is 4.98 Å². The molecule has 0 radical (unpaired) electrons. The average molecular weight is 309 g/mol. The van der Waals surface area contributed by atoms with Crippen molar-refractivity contribution in [1.29, 1.82) is 0 Å². The quantitative estimate of drug-likeness (QED) is 0.859. The van der Waals surface area contributed by atoms with Crippen LogP contribution in [0.25, 0.3) is 0 Å². The molecule has 1 unspecified atom stereocenters. The molecular formula is C14H23N5O3. The zero-order valence-corrected chi connectivity index (χ0v) is 13.3. The van der Waals surface area contributed by atoms with Gasteiger partial charge >= 0.3 is 6.03 Å². The van der Waals surface area contributed by atoms with E-state index in [0.29, 0.717) is 43.7 Å². The summed E-state index contributed by atoms with van der Waals surface area (Å²) < 4.78 is 5.20. The highest BCUT2D eigenvalue weighted by Gasteiger charge is 2.22. The minimum Gasteiger partial charge on any atom is -0.354 e. The summed E-state index contributed by atoms with van der Waals surface area (Å²) in [6.45, 7) is 7.33. The number of urea groups is 1. The van der Waals surface area contributed by atoms with E-state index in [4.69, 9.17) is 4.52 Å². The highest BCUT2D eigenvalue weighted by molar-refractivity contribution is 5.79. The predicted molar refractivity (Wildman–Crippen MR) is 79.0 cm³/mol. The third-order valence-electron chi connectivity index (χ3n) is 3.38. The van der Waals surface area contributed by atoms with Crippen LogP contribution in [0.2, 0.25) is 0 Å². The first kappa shape index (κ1) is 16.3. The second-order valence-corrected chi connectivity index (χ2v) is 5.90. The van der Waals surface area contributed by atoms with Crippen LogP contribution in [0.1, 0.15) is 44.9 Å². The maximum atomic E-state index is 12.2. The summed E-state index contributed by atoms with van der Waals surface area (Å²) in [5, 5.41) is 9.48. The summed E-state index contributed by atoms with van der Waals surface area (Å²) in [4.78, 5) is 29.4. The SMILES string of the molecule is CC(C)Cc1noc(C(C)NC(=O)N2CCNC(=O)CC2)n1. The van der Waals surface area contributed by atoms with Crippen molar-refractivity contribution in [3.8, 4) is 0 Å². The van der Waals surface area contributed by atoms with Crippen molar-refractivity contribution in [2.45, 2.75) is 39.7 Å². The van der Waals surface area contributed by atoms with Gasteiger partial charge in [0.05, 0.1) is 0 Å². The van der Waals surface area contributed by atoms with Crippen LogP contribution < -0.4 is 10.6 Å². The third kappa shape index (κ3) is 4.44. The van der Waals surface area contributed by atoms with Gasteiger partial charge in [0.15, 0.2) is 5.82 Å². The van der Waals surface area contributed by atoms with Crippen LogP contribution in [-0.4, -0.2) is 46.6 Å². The van der Waals surface area contributed by atoms with E-state index in [2.05, 4.69) is 34.6 Å². The Balaban J connectivity index is 1.90. The van der Waals surface area contributed by atoms with E-state index < -0.39 is 0 Å². The van der Waals surface area contributed by atoms with E-state index in [9.17, 15) is 9.59 Å². The van der Waals surface area contributed by atoms with Crippen molar-refractivity contribution < 1.29 is 14.1 Å². The molecule has 1 aliphatic rings. The fourth-order valence-electron chi connectivity index (χ4n) is 2.20. The van der Waals surface area contributed by atoms with Crippen molar-refractivity contribution >= 4 is 11.9 Å². The third-order valence-corrected chi connectivity index (χ3v) is 3.38. The monoisotopic (exact) mass is 309 g/mol. The van der Waals surface area contributed by atoms with Crippen LogP contribution >= 0.6 is 0 Å². The van der Waals surface area contributed by atoms with Gasteiger partial charge in [-0.1, -0.05) is 19.0 Å². The maximum Gasteiger partial charge on any atom is 0.318 e. The molecule has 0 saturated carbocycles. The molecule has 1 aliphatic heterocycles. The first-order valence-electron chi connectivity index (χ1n) is 7.60. The van der Waals surface area contributed by atoms with Crippen LogP contribution in [0.15, 0.2) is 4.52 Å². The highest BCUT2D eigenvalue weighted by Crippen LogP contribution is 2.12. The van der Waals surface area contributed by atoms with Crippen molar-refractivity contribution in [3.63, 3.8) is 0 Å². The van der Waals surface area contributed by atoms with Crippen molar-refractivity contribution in [3.05, 3.63) is 11.7 Å². The molecule has 122 valence electrons. The lowest BCUT2D eigenvalue weighted by Crippen LogP contribution is -2.42. The van der Waals surface area contributed by atoms with Crippen molar-refractivity contribution in [2.75, 3.05) is 19.6 Å². The summed E-state index contributed by atoms with van der Waals surface area (Å²) in [6.07, 6.45) is 1.06. The normalized spacial score (nSPS) is 17.1. The molecule has 22 heavy (non-hydrogen) atoms. The van der Waals surface area contributed by atoms with Crippen molar-refractivity contribution in [2.24, 2.45) is 5.92 Å². The Kier molecular flexibility index (Phi) is 5.35. The molecule has 2 rings (SSSR count). The Morgan fingerprint density at radius 2 is 2.18 bits per heavy atom. The summed E-state index contributed by atoms with van der Waals surface area (Å²) in [5.41, 5.74) is 0. The van der Waals surface area contributed by atoms with Gasteiger partial charge in [-0.3, -0.25) is 4.79 Å². The summed E-state index contributed by atoms with van der Waals surface area (Å²) >= 11 is 0. The lowest BCUT2D eigenvalue weighted by molar-refractivity contribution is -0.120. The smallest absolute Gasteiger partial charge is 0.318 e. The van der Waals surface area contributed by atoms with Crippen LogP contribution in [0.5, 0.6) is 0 Å². The predicted octanol–water partition coefficient (Wildman–Crippen LogP) is 0.861. The molecule has 0 bridgehead atoms. The number of carbonyl (C=O) groups excluding carboxylic acids is 2. The number of carbonyl (C=O) groups is 2. The molecule has 3 amide bonds. The van der Waals surface area contributed by atoms with Gasteiger partial charge in [0.2, 0.25) is 11.8 Å². The fraction of sp³-hybridized carbons (Fsp3) is 0.714. The summed E-state index contributed by atoms with van der Waals surface area (Å²) in [7, 11) is 0. The largest absolute Gasteiger partial charge is 0.354 e. The van der Waals surface area contributed by atoms with Crippen LogP contribution in [-0.2, 0) is 11.2 Å². The number of rotatable bonds is 4. The second-order valence-electron chi connectivity index (χ2n) is 5.90. The van der Waals surface area contributed by atoms with E-state index in [0.717, 1.165) is 6.42 Å². The van der Waals surface area contributed by atoms with Crippen LogP contribution in [0.4, 0.5) is 4.79 Å². The molecule has 8 heteroatoms. The molecule has 1 fully saturated rings. The first-order chi connectivity index (χ1) is 10.5. The molecular weight excluding hydrogens is 286 g/mol. The molecule has 1 saturated heterocycles. The molecule has 1 aromatic rings. The Labute approximate surface area is 129 Å². The lowest BCUT2D eigenvalue weighted by atomic mass is 10.1. The molecule has 1 aromatic heterocycles. The van der Waals surface area contributed by atoms with Gasteiger partial charge < -0.3 is 20.1 Å². The highest BCUT2D eigenvalue weighted by atomic mass is 16.5.